The highest BCUT2D eigenvalue weighted by molar-refractivity contribution is 6.08. The van der Waals surface area contributed by atoms with Gasteiger partial charge in [0.25, 0.3) is 0 Å². The second kappa shape index (κ2) is 4.01. The van der Waals surface area contributed by atoms with E-state index in [1.807, 2.05) is 42.6 Å². The molecular weight excluding hydrogens is 264 g/mol. The molecule has 0 saturated carbocycles. The fourth-order valence-corrected chi connectivity index (χ4v) is 3.55. The Balaban J connectivity index is 1.99. The van der Waals surface area contributed by atoms with Crippen LogP contribution in [0.2, 0.25) is 0 Å². The van der Waals surface area contributed by atoms with E-state index in [4.69, 9.17) is 0 Å². The highest BCUT2D eigenvalue weighted by Crippen LogP contribution is 2.46. The molecule has 0 saturated heterocycles. The van der Waals surface area contributed by atoms with Crippen molar-refractivity contribution in [3.8, 4) is 0 Å². The Morgan fingerprint density at radius 1 is 1.29 bits per heavy atom. The average molecular weight is 279 g/mol. The van der Waals surface area contributed by atoms with E-state index >= 15 is 0 Å². The molecular formula is C17H15N2O2+. The summed E-state index contributed by atoms with van der Waals surface area (Å²) in [7, 11) is 0. The molecule has 1 N–H and O–H groups in total. The summed E-state index contributed by atoms with van der Waals surface area (Å²) in [5.74, 6) is 0.0304. The van der Waals surface area contributed by atoms with Crippen molar-refractivity contribution in [2.75, 3.05) is 5.32 Å². The number of carbonyl (C=O) groups is 2. The molecule has 1 aromatic heterocycles. The number of anilines is 1. The Bertz CT molecular complexity index is 797. The Morgan fingerprint density at radius 2 is 2.10 bits per heavy atom. The molecule has 1 unspecified atom stereocenters. The summed E-state index contributed by atoms with van der Waals surface area (Å²) < 4.78 is 2.08. The Kier molecular flexibility index (Phi) is 2.34. The van der Waals surface area contributed by atoms with E-state index < -0.39 is 5.41 Å². The van der Waals surface area contributed by atoms with Crippen molar-refractivity contribution in [3.05, 3.63) is 59.4 Å². The lowest BCUT2D eigenvalue weighted by atomic mass is 9.77. The van der Waals surface area contributed by atoms with Crippen LogP contribution in [0.5, 0.6) is 0 Å². The average Bonchev–Trinajstić information content (AvgIpc) is 3.00. The predicted octanol–water partition coefficient (Wildman–Crippen LogP) is 1.82. The lowest BCUT2D eigenvalue weighted by Gasteiger charge is -2.17. The fraction of sp³-hybridized carbons (Fsp3) is 0.235. The van der Waals surface area contributed by atoms with Crippen molar-refractivity contribution in [1.82, 2.24) is 0 Å². The molecule has 104 valence electrons. The van der Waals surface area contributed by atoms with Gasteiger partial charge in [-0.3, -0.25) is 9.59 Å². The van der Waals surface area contributed by atoms with E-state index in [0.29, 0.717) is 5.56 Å². The number of amides is 1. The van der Waals surface area contributed by atoms with Gasteiger partial charge in [-0.25, -0.2) is 4.57 Å². The molecule has 1 aromatic carbocycles. The fourth-order valence-electron chi connectivity index (χ4n) is 3.55. The minimum absolute atomic E-state index is 0.00986. The van der Waals surface area contributed by atoms with Crippen LogP contribution in [0, 0.1) is 0 Å². The van der Waals surface area contributed by atoms with Gasteiger partial charge in [0, 0.05) is 35.4 Å². The molecule has 0 fully saturated rings. The molecule has 4 heteroatoms. The van der Waals surface area contributed by atoms with Crippen molar-refractivity contribution in [2.24, 2.45) is 0 Å². The largest absolute Gasteiger partial charge is 0.325 e. The summed E-state index contributed by atoms with van der Waals surface area (Å²) >= 11 is 0. The second-order valence-corrected chi connectivity index (χ2v) is 5.71. The molecule has 1 spiro atoms. The highest BCUT2D eigenvalue weighted by atomic mass is 16.2. The van der Waals surface area contributed by atoms with Crippen LogP contribution in [0.3, 0.4) is 0 Å². The number of hydrogen-bond donors (Lipinski definition) is 1. The molecule has 3 heterocycles. The zero-order valence-electron chi connectivity index (χ0n) is 11.7. The molecule has 1 atom stereocenters. The summed E-state index contributed by atoms with van der Waals surface area (Å²) in [5, 5.41) is 2.98. The number of ketones is 1. The maximum Gasteiger partial charge on any atom is 0.246 e. The van der Waals surface area contributed by atoms with Crippen LogP contribution in [-0.2, 0) is 16.8 Å². The van der Waals surface area contributed by atoms with Gasteiger partial charge in [0.1, 0.15) is 0 Å². The van der Waals surface area contributed by atoms with Gasteiger partial charge in [-0.2, -0.15) is 0 Å². The minimum atomic E-state index is -0.651. The van der Waals surface area contributed by atoms with Crippen molar-refractivity contribution < 1.29 is 14.2 Å². The number of hydrogen-bond acceptors (Lipinski definition) is 2. The third kappa shape index (κ3) is 1.47. The van der Waals surface area contributed by atoms with E-state index in [1.54, 1.807) is 6.92 Å². The molecule has 2 aromatic rings. The first kappa shape index (κ1) is 12.3. The van der Waals surface area contributed by atoms with Crippen molar-refractivity contribution in [3.63, 3.8) is 0 Å². The van der Waals surface area contributed by atoms with E-state index in [2.05, 4.69) is 9.88 Å². The Morgan fingerprint density at radius 3 is 2.90 bits per heavy atom. The third-order valence-electron chi connectivity index (χ3n) is 4.63. The van der Waals surface area contributed by atoms with E-state index in [-0.39, 0.29) is 11.7 Å². The quantitative estimate of drug-likeness (QED) is 0.639. The summed E-state index contributed by atoms with van der Waals surface area (Å²) in [6.45, 7) is 2.34. The molecule has 2 aliphatic heterocycles. The standard InChI is InChI=1S/C17H14N2O2/c1-11(20)12-6-8-19-9-7-17(15(19)10-12)13-4-2-3-5-14(13)18-16(17)21/h2-6,8,10H,7,9H2,1H3/p+1. The van der Waals surface area contributed by atoms with Crippen molar-refractivity contribution in [1.29, 1.82) is 0 Å². The van der Waals surface area contributed by atoms with E-state index in [1.165, 1.54) is 0 Å². The van der Waals surface area contributed by atoms with Crippen LogP contribution in [0.25, 0.3) is 0 Å². The Labute approximate surface area is 122 Å². The van der Waals surface area contributed by atoms with Crippen LogP contribution >= 0.6 is 0 Å². The maximum absolute atomic E-state index is 12.7. The first-order valence-electron chi connectivity index (χ1n) is 7.09. The molecule has 1 amide bonds. The van der Waals surface area contributed by atoms with Crippen molar-refractivity contribution in [2.45, 2.75) is 25.3 Å². The van der Waals surface area contributed by atoms with Crippen LogP contribution in [0.1, 0.15) is 35.0 Å². The van der Waals surface area contributed by atoms with Gasteiger partial charge in [-0.05, 0) is 13.0 Å². The third-order valence-corrected chi connectivity index (χ3v) is 4.63. The van der Waals surface area contributed by atoms with Crippen LogP contribution in [0.15, 0.2) is 42.6 Å². The van der Waals surface area contributed by atoms with Crippen LogP contribution < -0.4 is 9.88 Å². The topological polar surface area (TPSA) is 50.0 Å². The monoisotopic (exact) mass is 279 g/mol. The number of rotatable bonds is 1. The first-order valence-corrected chi connectivity index (χ1v) is 7.09. The predicted molar refractivity (Wildman–Crippen MR) is 77.1 cm³/mol. The lowest BCUT2D eigenvalue weighted by Crippen LogP contribution is -2.40. The number of aromatic nitrogens is 1. The smallest absolute Gasteiger partial charge is 0.246 e. The normalized spacial score (nSPS) is 22.0. The second-order valence-electron chi connectivity index (χ2n) is 5.71. The summed E-state index contributed by atoms with van der Waals surface area (Å²) in [4.78, 5) is 24.4. The zero-order chi connectivity index (χ0) is 14.6. The van der Waals surface area contributed by atoms with Crippen LogP contribution in [-0.4, -0.2) is 11.7 Å². The number of aryl methyl sites for hydroxylation is 1. The highest BCUT2D eigenvalue weighted by Gasteiger charge is 2.57. The van der Waals surface area contributed by atoms with Gasteiger partial charge >= 0.3 is 0 Å². The maximum atomic E-state index is 12.7. The van der Waals surface area contributed by atoms with Crippen LogP contribution in [0.4, 0.5) is 5.69 Å². The molecule has 0 aliphatic carbocycles. The van der Waals surface area contributed by atoms with Gasteiger partial charge < -0.3 is 5.32 Å². The summed E-state index contributed by atoms with van der Waals surface area (Å²) in [5.41, 5.74) is 2.81. The molecule has 0 radical (unpaired) electrons. The zero-order valence-corrected chi connectivity index (χ0v) is 11.7. The van der Waals surface area contributed by atoms with Crippen molar-refractivity contribution >= 4 is 17.4 Å². The van der Waals surface area contributed by atoms with E-state index in [9.17, 15) is 9.59 Å². The molecule has 4 nitrogen and oxygen atoms in total. The SMILES string of the molecule is CC(=O)c1cc[n+]2c(c1)C1(CC2)C(=O)Nc2ccccc21. The summed E-state index contributed by atoms with van der Waals surface area (Å²) in [6.07, 6.45) is 2.65. The number of nitrogens with zero attached hydrogens (tertiary/aromatic N) is 1. The molecule has 2 aliphatic rings. The number of benzene rings is 1. The number of para-hydroxylation sites is 1. The molecule has 0 bridgehead atoms. The Hall–Kier alpha value is -2.49. The number of nitrogens with one attached hydrogen (secondary N) is 1. The number of pyridine rings is 1. The lowest BCUT2D eigenvalue weighted by molar-refractivity contribution is -0.691. The molecule has 4 rings (SSSR count). The first-order chi connectivity index (χ1) is 10.1. The minimum Gasteiger partial charge on any atom is -0.325 e. The molecule has 21 heavy (non-hydrogen) atoms. The number of fused-ring (bicyclic) bond motifs is 4. The van der Waals surface area contributed by atoms with Gasteiger partial charge in [-0.15, -0.1) is 0 Å². The van der Waals surface area contributed by atoms with Gasteiger partial charge in [-0.1, -0.05) is 18.2 Å². The van der Waals surface area contributed by atoms with Gasteiger partial charge in [0.05, 0.1) is 0 Å². The van der Waals surface area contributed by atoms with E-state index in [0.717, 1.165) is 29.9 Å². The summed E-state index contributed by atoms with van der Waals surface area (Å²) in [6, 6.07) is 11.5. The van der Waals surface area contributed by atoms with Gasteiger partial charge in [0.2, 0.25) is 11.6 Å². The number of carbonyl (C=O) groups excluding carboxylic acids is 2. The van der Waals surface area contributed by atoms with Gasteiger partial charge in [0.15, 0.2) is 23.9 Å². The number of Topliss-reactive ketones (excluding diaryl/α,β-unsaturated/α-hetero) is 1.